The largest absolute Gasteiger partial charge is 0.465 e. The van der Waals surface area contributed by atoms with E-state index in [1.54, 1.807) is 0 Å². The van der Waals surface area contributed by atoms with E-state index in [9.17, 15) is 9.59 Å². The van der Waals surface area contributed by atoms with E-state index in [0.717, 1.165) is 24.8 Å². The minimum Gasteiger partial charge on any atom is -0.465 e. The summed E-state index contributed by atoms with van der Waals surface area (Å²) in [6.45, 7) is 2.15. The molecule has 3 atom stereocenters. The predicted molar refractivity (Wildman–Crippen MR) is 133 cm³/mol. The molecule has 3 amide bonds. The van der Waals surface area contributed by atoms with Crippen molar-refractivity contribution in [3.05, 3.63) is 34.9 Å². The van der Waals surface area contributed by atoms with Crippen LogP contribution in [0.15, 0.2) is 24.3 Å². The predicted octanol–water partition coefficient (Wildman–Crippen LogP) is 4.38. The fourth-order valence-corrected chi connectivity index (χ4v) is 5.48. The second-order valence-corrected chi connectivity index (χ2v) is 9.98. The Morgan fingerprint density at radius 1 is 1.21 bits per heavy atom. The fraction of sp³-hybridized carbons (Fsp3) is 0.680. The zero-order valence-corrected chi connectivity index (χ0v) is 20.6. The van der Waals surface area contributed by atoms with Crippen molar-refractivity contribution >= 4 is 23.7 Å². The topological polar surface area (TPSA) is 117 Å². The average Bonchev–Trinajstić information content (AvgIpc) is 2.84. The summed E-state index contributed by atoms with van der Waals surface area (Å²) < 4.78 is 6.14. The first-order valence-corrected chi connectivity index (χ1v) is 12.9. The number of nitrogens with zero attached hydrogens (tertiary/aromatic N) is 1. The van der Waals surface area contributed by atoms with Gasteiger partial charge in [-0.3, -0.25) is 0 Å². The lowest BCUT2D eigenvalue weighted by molar-refractivity contribution is -0.00850. The van der Waals surface area contributed by atoms with Crippen molar-refractivity contribution in [1.82, 2.24) is 15.5 Å². The van der Waals surface area contributed by atoms with Crippen LogP contribution in [0.2, 0.25) is 5.02 Å². The normalized spacial score (nSPS) is 21.0. The zero-order valence-electron chi connectivity index (χ0n) is 19.9. The number of carbonyl (C=O) groups is 2. The van der Waals surface area contributed by atoms with E-state index in [4.69, 9.17) is 27.2 Å². The Bertz CT molecular complexity index is 790. The number of nitrogens with one attached hydrogen (secondary N) is 2. The first-order chi connectivity index (χ1) is 16.5. The number of urea groups is 1. The van der Waals surface area contributed by atoms with E-state index >= 15 is 0 Å². The summed E-state index contributed by atoms with van der Waals surface area (Å²) in [6.07, 6.45) is 7.70. The summed E-state index contributed by atoms with van der Waals surface area (Å²) in [5, 5.41) is 15.0. The van der Waals surface area contributed by atoms with E-state index in [2.05, 4.69) is 10.6 Å². The number of benzene rings is 1. The van der Waals surface area contributed by atoms with E-state index in [1.807, 2.05) is 29.2 Å². The maximum Gasteiger partial charge on any atom is 0.404 e. The quantitative estimate of drug-likeness (QED) is 0.360. The van der Waals surface area contributed by atoms with Crippen LogP contribution in [0.25, 0.3) is 0 Å². The lowest BCUT2D eigenvalue weighted by atomic mass is 9.85. The van der Waals surface area contributed by atoms with Crippen LogP contribution in [-0.2, 0) is 4.74 Å². The van der Waals surface area contributed by atoms with Crippen molar-refractivity contribution in [2.45, 2.75) is 63.5 Å². The molecule has 1 aliphatic carbocycles. The Morgan fingerprint density at radius 2 is 2.00 bits per heavy atom. The Hall–Kier alpha value is -2.03. The van der Waals surface area contributed by atoms with E-state index in [0.29, 0.717) is 30.6 Å². The highest BCUT2D eigenvalue weighted by atomic mass is 35.5. The number of carboxylic acid groups (broad SMARTS) is 1. The molecule has 1 saturated carbocycles. The fourth-order valence-electron chi connectivity index (χ4n) is 5.28. The van der Waals surface area contributed by atoms with Crippen LogP contribution in [0.3, 0.4) is 0 Å². The van der Waals surface area contributed by atoms with Crippen molar-refractivity contribution in [3.8, 4) is 0 Å². The maximum absolute atomic E-state index is 13.1. The molecule has 1 aromatic rings. The molecule has 0 radical (unpaired) electrons. The maximum atomic E-state index is 13.1. The molecule has 0 aromatic heterocycles. The molecule has 0 bridgehead atoms. The summed E-state index contributed by atoms with van der Waals surface area (Å²) in [4.78, 5) is 25.8. The summed E-state index contributed by atoms with van der Waals surface area (Å²) in [6, 6.07) is 7.48. The highest BCUT2D eigenvalue weighted by molar-refractivity contribution is 6.30. The van der Waals surface area contributed by atoms with Crippen LogP contribution < -0.4 is 16.4 Å². The second kappa shape index (κ2) is 13.8. The third-order valence-corrected chi connectivity index (χ3v) is 7.22. The SMILES string of the molecule is NC[C@H](CC1CCCCC1)NC(=O)N1CCC[C@@H](C(OCCNC(=O)O)c2cccc(Cl)c2)C1. The van der Waals surface area contributed by atoms with Crippen molar-refractivity contribution in [2.24, 2.45) is 17.6 Å². The Morgan fingerprint density at radius 3 is 2.71 bits per heavy atom. The summed E-state index contributed by atoms with van der Waals surface area (Å²) in [5.41, 5.74) is 6.95. The lowest BCUT2D eigenvalue weighted by Gasteiger charge is -2.38. The highest BCUT2D eigenvalue weighted by Gasteiger charge is 2.32. The van der Waals surface area contributed by atoms with Crippen LogP contribution >= 0.6 is 11.6 Å². The van der Waals surface area contributed by atoms with Gasteiger partial charge in [-0.2, -0.15) is 0 Å². The van der Waals surface area contributed by atoms with Crippen molar-refractivity contribution < 1.29 is 19.4 Å². The van der Waals surface area contributed by atoms with Crippen LogP contribution in [0, 0.1) is 11.8 Å². The molecule has 3 rings (SSSR count). The number of likely N-dealkylation sites (tertiary alicyclic amines) is 1. The molecule has 2 fully saturated rings. The number of carbonyl (C=O) groups excluding carboxylic acids is 1. The Balaban J connectivity index is 1.61. The smallest absolute Gasteiger partial charge is 0.404 e. The number of piperidine rings is 1. The van der Waals surface area contributed by atoms with Gasteiger partial charge in [0.25, 0.3) is 0 Å². The molecule has 34 heavy (non-hydrogen) atoms. The van der Waals surface area contributed by atoms with Gasteiger partial charge >= 0.3 is 12.1 Å². The number of amides is 3. The summed E-state index contributed by atoms with van der Waals surface area (Å²) in [5.74, 6) is 0.731. The molecule has 9 heteroatoms. The molecular formula is C25H39ClN4O4. The Kier molecular flexibility index (Phi) is 10.8. The number of hydrogen-bond acceptors (Lipinski definition) is 4. The van der Waals surface area contributed by atoms with E-state index in [1.165, 1.54) is 32.1 Å². The molecule has 1 unspecified atom stereocenters. The zero-order chi connectivity index (χ0) is 24.3. The van der Waals surface area contributed by atoms with Gasteiger partial charge in [-0.05, 0) is 42.9 Å². The van der Waals surface area contributed by atoms with E-state index in [-0.39, 0.29) is 37.2 Å². The number of ether oxygens (including phenoxy) is 1. The van der Waals surface area contributed by atoms with Crippen LogP contribution in [0.5, 0.6) is 0 Å². The number of nitrogens with two attached hydrogens (primary N) is 1. The third-order valence-electron chi connectivity index (χ3n) is 6.98. The molecular weight excluding hydrogens is 456 g/mol. The Labute approximate surface area is 207 Å². The number of halogens is 1. The minimum atomic E-state index is -1.08. The van der Waals surface area contributed by atoms with Crippen molar-refractivity contribution in [1.29, 1.82) is 0 Å². The summed E-state index contributed by atoms with van der Waals surface area (Å²) in [7, 11) is 0. The molecule has 0 spiro atoms. The first kappa shape index (κ1) is 26.6. The van der Waals surface area contributed by atoms with Gasteiger partial charge in [0.1, 0.15) is 0 Å². The van der Waals surface area contributed by atoms with Gasteiger partial charge in [-0.25, -0.2) is 9.59 Å². The van der Waals surface area contributed by atoms with Crippen LogP contribution in [-0.4, -0.2) is 61.0 Å². The minimum absolute atomic E-state index is 0.00181. The van der Waals surface area contributed by atoms with Gasteiger partial charge < -0.3 is 31.1 Å². The van der Waals surface area contributed by atoms with E-state index < -0.39 is 6.09 Å². The number of hydrogen-bond donors (Lipinski definition) is 4. The first-order valence-electron chi connectivity index (χ1n) is 12.6. The number of rotatable bonds is 10. The highest BCUT2D eigenvalue weighted by Crippen LogP contribution is 2.34. The summed E-state index contributed by atoms with van der Waals surface area (Å²) >= 11 is 6.23. The third kappa shape index (κ3) is 8.32. The van der Waals surface area contributed by atoms with Gasteiger partial charge in [0.15, 0.2) is 0 Å². The molecule has 8 nitrogen and oxygen atoms in total. The van der Waals surface area contributed by atoms with Crippen molar-refractivity contribution in [2.75, 3.05) is 32.8 Å². The van der Waals surface area contributed by atoms with Gasteiger partial charge in [0.05, 0.1) is 12.7 Å². The van der Waals surface area contributed by atoms with Gasteiger partial charge in [0.2, 0.25) is 0 Å². The molecule has 190 valence electrons. The van der Waals surface area contributed by atoms with Crippen LogP contribution in [0.4, 0.5) is 9.59 Å². The second-order valence-electron chi connectivity index (χ2n) is 9.55. The molecule has 1 aliphatic heterocycles. The van der Waals surface area contributed by atoms with Gasteiger partial charge in [-0.1, -0.05) is 55.8 Å². The lowest BCUT2D eigenvalue weighted by Crippen LogP contribution is -2.51. The standard InChI is InChI=1S/C25H39ClN4O4/c26-21-10-4-8-19(15-21)23(34-13-11-28-25(32)33)20-9-5-12-30(17-20)24(31)29-22(16-27)14-18-6-2-1-3-7-18/h4,8,10,15,18,20,22-23,28H,1-3,5-7,9,11-14,16-17,27H2,(H,29,31)(H,32,33)/t20-,22+,23?/m1/s1. The van der Waals surface area contributed by atoms with Crippen molar-refractivity contribution in [3.63, 3.8) is 0 Å². The molecule has 2 aliphatic rings. The van der Waals surface area contributed by atoms with Gasteiger partial charge in [-0.15, -0.1) is 0 Å². The van der Waals surface area contributed by atoms with Crippen LogP contribution in [0.1, 0.15) is 63.0 Å². The monoisotopic (exact) mass is 494 g/mol. The molecule has 1 aromatic carbocycles. The van der Waals surface area contributed by atoms with Gasteiger partial charge in [0, 0.05) is 43.2 Å². The molecule has 1 saturated heterocycles. The molecule has 1 heterocycles. The molecule has 5 N–H and O–H groups in total. The average molecular weight is 495 g/mol.